The lowest BCUT2D eigenvalue weighted by molar-refractivity contribution is 0.332. The number of hydrogen-bond donors (Lipinski definition) is 0. The molecule has 0 N–H and O–H groups in total. The van der Waals surface area contributed by atoms with Crippen LogP contribution in [-0.4, -0.2) is 19.8 Å². The first-order valence-electron chi connectivity index (χ1n) is 7.33. The molecular formula is C17H10F5NO3S. The number of rotatable bonds is 4. The predicted molar refractivity (Wildman–Crippen MR) is 85.1 cm³/mol. The maximum Gasteiger partial charge on any atom is 0.178 e. The van der Waals surface area contributed by atoms with E-state index in [9.17, 15) is 30.4 Å². The summed E-state index contributed by atoms with van der Waals surface area (Å²) in [4.78, 5) is -0.902. The average molecular weight is 403 g/mol. The van der Waals surface area contributed by atoms with Crippen molar-refractivity contribution >= 4 is 9.84 Å². The highest BCUT2D eigenvalue weighted by Crippen LogP contribution is 2.39. The molecule has 2 aromatic carbocycles. The van der Waals surface area contributed by atoms with Gasteiger partial charge in [0.05, 0.1) is 5.56 Å². The van der Waals surface area contributed by atoms with Gasteiger partial charge in [-0.3, -0.25) is 0 Å². The van der Waals surface area contributed by atoms with E-state index in [1.54, 1.807) is 0 Å². The van der Waals surface area contributed by atoms with E-state index >= 15 is 0 Å². The fourth-order valence-corrected chi connectivity index (χ4v) is 3.29. The van der Waals surface area contributed by atoms with Crippen LogP contribution in [0.1, 0.15) is 5.76 Å². The van der Waals surface area contributed by atoms with Gasteiger partial charge in [0.2, 0.25) is 0 Å². The maximum absolute atomic E-state index is 14.5. The molecule has 0 amide bonds. The minimum atomic E-state index is -4.07. The van der Waals surface area contributed by atoms with Gasteiger partial charge in [0, 0.05) is 17.4 Å². The molecule has 1 heterocycles. The van der Waals surface area contributed by atoms with Crippen LogP contribution >= 0.6 is 0 Å². The van der Waals surface area contributed by atoms with Gasteiger partial charge < -0.3 is 4.52 Å². The van der Waals surface area contributed by atoms with E-state index in [1.165, 1.54) is 0 Å². The molecule has 3 rings (SSSR count). The summed E-state index contributed by atoms with van der Waals surface area (Å²) in [5, 5.41) is 3.45. The van der Waals surface area contributed by atoms with Crippen molar-refractivity contribution in [2.75, 3.05) is 6.26 Å². The van der Waals surface area contributed by atoms with E-state index in [4.69, 9.17) is 4.52 Å². The van der Waals surface area contributed by atoms with Crippen molar-refractivity contribution in [1.29, 1.82) is 0 Å². The summed E-state index contributed by atoms with van der Waals surface area (Å²) in [7, 11) is -4.07. The van der Waals surface area contributed by atoms with Crippen molar-refractivity contribution in [1.82, 2.24) is 5.16 Å². The number of sulfone groups is 1. The minimum absolute atomic E-state index is 0.417. The smallest absolute Gasteiger partial charge is 0.178 e. The van der Waals surface area contributed by atoms with Crippen molar-refractivity contribution in [3.63, 3.8) is 0 Å². The highest BCUT2D eigenvalue weighted by atomic mass is 32.2. The van der Waals surface area contributed by atoms with Crippen LogP contribution in [0.25, 0.3) is 22.4 Å². The van der Waals surface area contributed by atoms with Crippen LogP contribution in [0.15, 0.2) is 39.8 Å². The van der Waals surface area contributed by atoms with E-state index in [2.05, 4.69) is 5.16 Å². The van der Waals surface area contributed by atoms with Crippen LogP contribution in [-0.2, 0) is 16.5 Å². The molecule has 0 atom stereocenters. The highest BCUT2D eigenvalue weighted by molar-refractivity contribution is 7.90. The third kappa shape index (κ3) is 3.44. The average Bonchev–Trinajstić information content (AvgIpc) is 3.01. The summed E-state index contributed by atoms with van der Waals surface area (Å²) in [6, 6.07) is 3.27. The molecule has 0 radical (unpaired) electrons. The zero-order valence-electron chi connectivity index (χ0n) is 13.6. The van der Waals surface area contributed by atoms with Gasteiger partial charge in [-0.1, -0.05) is 5.16 Å². The summed E-state index contributed by atoms with van der Waals surface area (Å²) in [5.74, 6) is -4.89. The first kappa shape index (κ1) is 19.0. The quantitative estimate of drug-likeness (QED) is 0.605. The summed E-state index contributed by atoms with van der Waals surface area (Å²) >= 11 is 0. The Hall–Kier alpha value is -2.75. The van der Waals surface area contributed by atoms with Crippen molar-refractivity contribution in [2.24, 2.45) is 0 Å². The Morgan fingerprint density at radius 1 is 0.963 bits per heavy atom. The van der Waals surface area contributed by atoms with Gasteiger partial charge >= 0.3 is 0 Å². The largest absolute Gasteiger partial charge is 0.357 e. The Labute approximate surface area is 150 Å². The Morgan fingerprint density at radius 2 is 1.67 bits per heavy atom. The van der Waals surface area contributed by atoms with Crippen molar-refractivity contribution in [3.8, 4) is 22.4 Å². The molecule has 10 heteroatoms. The molecule has 0 fully saturated rings. The van der Waals surface area contributed by atoms with E-state index in [0.29, 0.717) is 18.4 Å². The van der Waals surface area contributed by atoms with Gasteiger partial charge in [-0.05, 0) is 30.3 Å². The molecule has 3 aromatic rings. The fraction of sp³-hybridized carbons (Fsp3) is 0.118. The Balaban J connectivity index is 2.31. The molecule has 0 unspecified atom stereocenters. The molecule has 0 aliphatic heterocycles. The maximum atomic E-state index is 14.5. The van der Waals surface area contributed by atoms with Crippen LogP contribution in [0.2, 0.25) is 0 Å². The van der Waals surface area contributed by atoms with Crippen LogP contribution in [0.3, 0.4) is 0 Å². The SMILES string of the molecule is CS(=O)(=O)c1cc(F)c(-c2c(-c3cc(F)ccc3F)noc2CF)cc1F. The third-order valence-electron chi connectivity index (χ3n) is 3.76. The van der Waals surface area contributed by atoms with E-state index in [0.717, 1.165) is 18.2 Å². The topological polar surface area (TPSA) is 60.2 Å². The summed E-state index contributed by atoms with van der Waals surface area (Å²) in [6.45, 7) is -1.30. The highest BCUT2D eigenvalue weighted by Gasteiger charge is 2.27. The van der Waals surface area contributed by atoms with Crippen molar-refractivity contribution < 1.29 is 34.9 Å². The van der Waals surface area contributed by atoms with Crippen LogP contribution in [0, 0.1) is 23.3 Å². The molecule has 0 saturated carbocycles. The Bertz CT molecular complexity index is 1140. The fourth-order valence-electron chi connectivity index (χ4n) is 2.56. The second-order valence-corrected chi connectivity index (χ2v) is 7.61. The Morgan fingerprint density at radius 3 is 2.30 bits per heavy atom. The lowest BCUT2D eigenvalue weighted by atomic mass is 9.98. The van der Waals surface area contributed by atoms with E-state index in [-0.39, 0.29) is 0 Å². The number of nitrogens with zero attached hydrogens (tertiary/aromatic N) is 1. The van der Waals surface area contributed by atoms with Gasteiger partial charge in [0.15, 0.2) is 22.3 Å². The minimum Gasteiger partial charge on any atom is -0.357 e. The van der Waals surface area contributed by atoms with Crippen LogP contribution in [0.5, 0.6) is 0 Å². The molecule has 0 aliphatic carbocycles. The standard InChI is InChI=1S/C17H10F5NO3S/c1-27(24,25)15-6-12(21)9(5-13(15)22)16-14(7-18)26-23-17(16)10-4-8(19)2-3-11(10)20/h2-6H,7H2,1H3. The lowest BCUT2D eigenvalue weighted by Crippen LogP contribution is -2.03. The molecule has 27 heavy (non-hydrogen) atoms. The van der Waals surface area contributed by atoms with Crippen LogP contribution in [0.4, 0.5) is 22.0 Å². The summed E-state index contributed by atoms with van der Waals surface area (Å²) in [5.41, 5.74) is -1.96. The predicted octanol–water partition coefficient (Wildman–Crippen LogP) is 4.44. The van der Waals surface area contributed by atoms with E-state index < -0.39 is 72.8 Å². The number of alkyl halides is 1. The summed E-state index contributed by atoms with van der Waals surface area (Å²) < 4.78 is 97.3. The van der Waals surface area contributed by atoms with E-state index in [1.807, 2.05) is 0 Å². The van der Waals surface area contributed by atoms with Crippen molar-refractivity contribution in [3.05, 3.63) is 59.4 Å². The molecule has 4 nitrogen and oxygen atoms in total. The lowest BCUT2D eigenvalue weighted by Gasteiger charge is -2.09. The number of aromatic nitrogens is 1. The molecule has 1 aromatic heterocycles. The number of benzene rings is 2. The van der Waals surface area contributed by atoms with Gasteiger partial charge in [-0.2, -0.15) is 0 Å². The van der Waals surface area contributed by atoms with Crippen LogP contribution < -0.4 is 0 Å². The molecule has 0 bridgehead atoms. The summed E-state index contributed by atoms with van der Waals surface area (Å²) in [6.07, 6.45) is 0.685. The second kappa shape index (κ2) is 6.76. The van der Waals surface area contributed by atoms with Gasteiger partial charge in [0.1, 0.15) is 33.9 Å². The number of halogens is 5. The molecular weight excluding hydrogens is 393 g/mol. The molecule has 0 saturated heterocycles. The molecule has 0 spiro atoms. The van der Waals surface area contributed by atoms with Crippen molar-refractivity contribution in [2.45, 2.75) is 11.6 Å². The van der Waals surface area contributed by atoms with Gasteiger partial charge in [0.25, 0.3) is 0 Å². The second-order valence-electron chi connectivity index (χ2n) is 5.62. The first-order valence-corrected chi connectivity index (χ1v) is 9.22. The van der Waals surface area contributed by atoms with Gasteiger partial charge in [-0.25, -0.2) is 30.4 Å². The molecule has 0 aliphatic rings. The monoisotopic (exact) mass is 403 g/mol. The first-order chi connectivity index (χ1) is 12.6. The van der Waals surface area contributed by atoms with Gasteiger partial charge in [-0.15, -0.1) is 0 Å². The zero-order chi connectivity index (χ0) is 19.9. The zero-order valence-corrected chi connectivity index (χ0v) is 14.4. The third-order valence-corrected chi connectivity index (χ3v) is 4.87. The molecule has 142 valence electrons. The number of hydrogen-bond acceptors (Lipinski definition) is 4. The normalized spacial score (nSPS) is 11.8. The Kier molecular flexibility index (Phi) is 4.77.